The molecule has 0 radical (unpaired) electrons. The molecule has 5 nitrogen and oxygen atoms in total. The van der Waals surface area contributed by atoms with Gasteiger partial charge in [-0.1, -0.05) is 0 Å². The van der Waals surface area contributed by atoms with E-state index in [1.807, 2.05) is 13.8 Å². The first-order valence-corrected chi connectivity index (χ1v) is 6.98. The summed E-state index contributed by atoms with van der Waals surface area (Å²) < 4.78 is 13.0. The number of carbonyl (C=O) groups excluding carboxylic acids is 1. The summed E-state index contributed by atoms with van der Waals surface area (Å²) in [6.45, 7) is 5.27. The molecular formula is C15H21FN2O3. The van der Waals surface area contributed by atoms with Gasteiger partial charge in [0.1, 0.15) is 5.82 Å². The Labute approximate surface area is 124 Å². The topological polar surface area (TPSA) is 60.9 Å². The minimum absolute atomic E-state index is 0.0743. The summed E-state index contributed by atoms with van der Waals surface area (Å²) in [7, 11) is 0. The SMILES string of the molecule is CCN(CC)C(=O)CN(CCC(=O)O)c1ccc(F)cc1. The Morgan fingerprint density at radius 3 is 2.19 bits per heavy atom. The Balaban J connectivity index is 2.83. The van der Waals surface area contributed by atoms with Crippen molar-refractivity contribution >= 4 is 17.6 Å². The van der Waals surface area contributed by atoms with Gasteiger partial charge in [0.05, 0.1) is 13.0 Å². The van der Waals surface area contributed by atoms with Gasteiger partial charge >= 0.3 is 5.97 Å². The van der Waals surface area contributed by atoms with Gasteiger partial charge in [-0.2, -0.15) is 0 Å². The van der Waals surface area contributed by atoms with Gasteiger partial charge in [0.25, 0.3) is 0 Å². The molecule has 0 heterocycles. The number of carboxylic acid groups (broad SMARTS) is 1. The van der Waals surface area contributed by atoms with Crippen LogP contribution in [0.1, 0.15) is 20.3 Å². The van der Waals surface area contributed by atoms with Crippen LogP contribution in [0.4, 0.5) is 10.1 Å². The quantitative estimate of drug-likeness (QED) is 0.797. The molecule has 0 saturated heterocycles. The van der Waals surface area contributed by atoms with Gasteiger partial charge in [-0.25, -0.2) is 4.39 Å². The van der Waals surface area contributed by atoms with Crippen LogP contribution in [0.15, 0.2) is 24.3 Å². The number of nitrogens with zero attached hydrogens (tertiary/aromatic N) is 2. The van der Waals surface area contributed by atoms with E-state index in [0.29, 0.717) is 18.8 Å². The van der Waals surface area contributed by atoms with E-state index >= 15 is 0 Å². The van der Waals surface area contributed by atoms with Crippen molar-refractivity contribution in [1.29, 1.82) is 0 Å². The maximum atomic E-state index is 13.0. The Morgan fingerprint density at radius 1 is 1.14 bits per heavy atom. The fourth-order valence-electron chi connectivity index (χ4n) is 2.02. The average Bonchev–Trinajstić information content (AvgIpc) is 2.45. The second kappa shape index (κ2) is 8.24. The molecule has 0 spiro atoms. The fourth-order valence-corrected chi connectivity index (χ4v) is 2.02. The molecule has 21 heavy (non-hydrogen) atoms. The molecule has 116 valence electrons. The third-order valence-electron chi connectivity index (χ3n) is 3.23. The van der Waals surface area contributed by atoms with E-state index in [9.17, 15) is 14.0 Å². The number of rotatable bonds is 8. The first kappa shape index (κ1) is 16.9. The van der Waals surface area contributed by atoms with Crippen LogP contribution in [-0.4, -0.2) is 48.1 Å². The zero-order valence-electron chi connectivity index (χ0n) is 12.4. The summed E-state index contributed by atoms with van der Waals surface area (Å²) in [6.07, 6.45) is -0.0804. The van der Waals surface area contributed by atoms with E-state index in [4.69, 9.17) is 5.11 Å². The van der Waals surface area contributed by atoms with Crippen LogP contribution in [0.2, 0.25) is 0 Å². The lowest BCUT2D eigenvalue weighted by Crippen LogP contribution is -2.41. The maximum absolute atomic E-state index is 13.0. The van der Waals surface area contributed by atoms with Crippen molar-refractivity contribution in [2.75, 3.05) is 31.1 Å². The number of carbonyl (C=O) groups is 2. The second-order valence-electron chi connectivity index (χ2n) is 4.61. The first-order valence-electron chi connectivity index (χ1n) is 6.98. The maximum Gasteiger partial charge on any atom is 0.305 e. The zero-order valence-corrected chi connectivity index (χ0v) is 12.4. The molecule has 1 rings (SSSR count). The van der Waals surface area contributed by atoms with E-state index < -0.39 is 5.97 Å². The molecule has 0 aliphatic carbocycles. The lowest BCUT2D eigenvalue weighted by Gasteiger charge is -2.27. The summed E-state index contributed by atoms with van der Waals surface area (Å²) in [6, 6.07) is 5.69. The van der Waals surface area contributed by atoms with Crippen molar-refractivity contribution in [3.8, 4) is 0 Å². The molecule has 0 saturated carbocycles. The Morgan fingerprint density at radius 2 is 1.71 bits per heavy atom. The highest BCUT2D eigenvalue weighted by molar-refractivity contribution is 5.81. The van der Waals surface area contributed by atoms with E-state index in [2.05, 4.69) is 0 Å². The predicted molar refractivity (Wildman–Crippen MR) is 78.8 cm³/mol. The third kappa shape index (κ3) is 5.41. The van der Waals surface area contributed by atoms with Crippen molar-refractivity contribution in [2.45, 2.75) is 20.3 Å². The smallest absolute Gasteiger partial charge is 0.305 e. The van der Waals surface area contributed by atoms with Crippen LogP contribution in [0.5, 0.6) is 0 Å². The van der Waals surface area contributed by atoms with Gasteiger partial charge in [-0.3, -0.25) is 9.59 Å². The van der Waals surface area contributed by atoms with Gasteiger partial charge in [-0.05, 0) is 38.1 Å². The van der Waals surface area contributed by atoms with Crippen LogP contribution in [-0.2, 0) is 9.59 Å². The lowest BCUT2D eigenvalue weighted by molar-refractivity contribution is -0.137. The third-order valence-corrected chi connectivity index (χ3v) is 3.23. The number of carboxylic acids is 1. The second-order valence-corrected chi connectivity index (χ2v) is 4.61. The summed E-state index contributed by atoms with van der Waals surface area (Å²) >= 11 is 0. The fraction of sp³-hybridized carbons (Fsp3) is 0.467. The van der Waals surface area contributed by atoms with Gasteiger partial charge in [-0.15, -0.1) is 0 Å². The molecule has 6 heteroatoms. The molecule has 1 N–H and O–H groups in total. The molecule has 0 unspecified atom stereocenters. The van der Waals surface area contributed by atoms with Crippen molar-refractivity contribution in [2.24, 2.45) is 0 Å². The molecule has 1 aromatic carbocycles. The molecule has 0 bridgehead atoms. The largest absolute Gasteiger partial charge is 0.481 e. The van der Waals surface area contributed by atoms with E-state index in [1.165, 1.54) is 12.1 Å². The monoisotopic (exact) mass is 296 g/mol. The Hall–Kier alpha value is -2.11. The molecular weight excluding hydrogens is 275 g/mol. The number of hydrogen-bond donors (Lipinski definition) is 1. The number of benzene rings is 1. The number of likely N-dealkylation sites (N-methyl/N-ethyl adjacent to an activating group) is 1. The number of halogens is 1. The standard InChI is InChI=1S/C15H21FN2O3/c1-3-17(4-2)14(19)11-18(10-9-15(20)21)13-7-5-12(16)6-8-13/h5-8H,3-4,9-11H2,1-2H3,(H,20,21). The number of aliphatic carboxylic acids is 1. The van der Waals surface area contributed by atoms with Gasteiger partial charge in [0, 0.05) is 25.3 Å². The van der Waals surface area contributed by atoms with Crippen LogP contribution >= 0.6 is 0 Å². The van der Waals surface area contributed by atoms with Crippen molar-refractivity contribution in [1.82, 2.24) is 4.90 Å². The normalized spacial score (nSPS) is 10.2. The van der Waals surface area contributed by atoms with E-state index in [-0.39, 0.29) is 31.2 Å². The van der Waals surface area contributed by atoms with E-state index in [1.54, 1.807) is 21.9 Å². The number of anilines is 1. The Bertz CT molecular complexity index is 472. The van der Waals surface area contributed by atoms with Crippen LogP contribution < -0.4 is 4.90 Å². The summed E-state index contributed by atoms with van der Waals surface area (Å²) in [4.78, 5) is 26.2. The molecule has 0 fully saturated rings. The number of hydrogen-bond acceptors (Lipinski definition) is 3. The van der Waals surface area contributed by atoms with Gasteiger partial charge < -0.3 is 14.9 Å². The highest BCUT2D eigenvalue weighted by Crippen LogP contribution is 2.15. The molecule has 0 aromatic heterocycles. The molecule has 1 aromatic rings. The van der Waals surface area contributed by atoms with Crippen molar-refractivity contribution in [3.63, 3.8) is 0 Å². The summed E-state index contributed by atoms with van der Waals surface area (Å²) in [5.74, 6) is -1.38. The average molecular weight is 296 g/mol. The molecule has 0 aliphatic rings. The van der Waals surface area contributed by atoms with Crippen molar-refractivity contribution < 1.29 is 19.1 Å². The van der Waals surface area contributed by atoms with Crippen molar-refractivity contribution in [3.05, 3.63) is 30.1 Å². The lowest BCUT2D eigenvalue weighted by atomic mass is 10.2. The summed E-state index contributed by atoms with van der Waals surface area (Å²) in [5.41, 5.74) is 0.637. The minimum atomic E-state index is -0.933. The highest BCUT2D eigenvalue weighted by Gasteiger charge is 2.16. The van der Waals surface area contributed by atoms with Crippen LogP contribution in [0.25, 0.3) is 0 Å². The minimum Gasteiger partial charge on any atom is -0.481 e. The highest BCUT2D eigenvalue weighted by atomic mass is 19.1. The van der Waals surface area contributed by atoms with E-state index in [0.717, 1.165) is 0 Å². The summed E-state index contributed by atoms with van der Waals surface area (Å²) in [5, 5.41) is 8.81. The first-order chi connectivity index (χ1) is 9.97. The number of amides is 1. The van der Waals surface area contributed by atoms with Gasteiger partial charge in [0.2, 0.25) is 5.91 Å². The van der Waals surface area contributed by atoms with Gasteiger partial charge in [0.15, 0.2) is 0 Å². The van der Waals surface area contributed by atoms with Crippen LogP contribution in [0, 0.1) is 5.82 Å². The molecule has 1 amide bonds. The molecule has 0 aliphatic heterocycles. The molecule has 0 atom stereocenters. The Kier molecular flexibility index (Phi) is 6.65. The zero-order chi connectivity index (χ0) is 15.8. The van der Waals surface area contributed by atoms with Crippen LogP contribution in [0.3, 0.4) is 0 Å². The predicted octanol–water partition coefficient (Wildman–Crippen LogP) is 1.98.